The number of hydrogen-bond acceptors (Lipinski definition) is 2. The van der Waals surface area contributed by atoms with Crippen molar-refractivity contribution < 1.29 is 0 Å². The van der Waals surface area contributed by atoms with Gasteiger partial charge >= 0.3 is 0 Å². The van der Waals surface area contributed by atoms with Gasteiger partial charge in [0.15, 0.2) is 0 Å². The lowest BCUT2D eigenvalue weighted by molar-refractivity contribution is 0.613. The molecule has 0 amide bonds. The minimum Gasteiger partial charge on any atom is -0.257 e. The van der Waals surface area contributed by atoms with E-state index < -0.39 is 0 Å². The Hall–Kier alpha value is 0.310. The van der Waals surface area contributed by atoms with Gasteiger partial charge in [0, 0.05) is 5.25 Å². The summed E-state index contributed by atoms with van der Waals surface area (Å²) in [6.45, 7) is 4.54. The highest BCUT2D eigenvalue weighted by Gasteiger charge is 2.08. The van der Waals surface area contributed by atoms with Crippen LogP contribution in [-0.2, 0) is 0 Å². The minimum atomic E-state index is 0.852. The predicted octanol–water partition coefficient (Wildman–Crippen LogP) is 3.56. The Morgan fingerprint density at radius 1 is 1.08 bits per heavy atom. The van der Waals surface area contributed by atoms with Crippen LogP contribution in [0.2, 0.25) is 0 Å². The van der Waals surface area contributed by atoms with Gasteiger partial charge in [-0.25, -0.2) is 0 Å². The lowest BCUT2D eigenvalue weighted by Crippen LogP contribution is -2.11. The Labute approximate surface area is 82.0 Å². The first kappa shape index (κ1) is 12.3. The largest absolute Gasteiger partial charge is 0.257 e. The fourth-order valence-corrected chi connectivity index (χ4v) is 2.51. The monoisotopic (exact) mass is 189 g/mol. The lowest BCUT2D eigenvalue weighted by atomic mass is 10.1. The second-order valence-corrected chi connectivity index (χ2v) is 5.08. The van der Waals surface area contributed by atoms with Gasteiger partial charge in [-0.1, -0.05) is 45.1 Å². The summed E-state index contributed by atoms with van der Waals surface area (Å²) in [5.74, 6) is 0. The molecule has 74 valence electrons. The number of nitrogens with zero attached hydrogens (tertiary/aromatic N) is 1. The maximum absolute atomic E-state index is 2.27. The fraction of sp³-hybridized carbons (Fsp3) is 1.00. The van der Waals surface area contributed by atoms with E-state index in [-0.39, 0.29) is 0 Å². The highest BCUT2D eigenvalue weighted by molar-refractivity contribution is 7.97. The topological polar surface area (TPSA) is 3.24 Å². The Balaban J connectivity index is 3.54. The minimum absolute atomic E-state index is 0.852. The average molecular weight is 189 g/mol. The van der Waals surface area contributed by atoms with E-state index in [1.807, 2.05) is 11.9 Å². The van der Waals surface area contributed by atoms with Gasteiger partial charge in [0.1, 0.15) is 0 Å². The molecule has 0 fully saturated rings. The van der Waals surface area contributed by atoms with E-state index in [0.717, 1.165) is 5.25 Å². The van der Waals surface area contributed by atoms with Crippen molar-refractivity contribution in [2.24, 2.45) is 0 Å². The summed E-state index contributed by atoms with van der Waals surface area (Å²) in [5, 5.41) is 0.852. The van der Waals surface area contributed by atoms with Crippen LogP contribution in [0.4, 0.5) is 0 Å². The van der Waals surface area contributed by atoms with Crippen LogP contribution in [0.3, 0.4) is 0 Å². The third-order valence-electron chi connectivity index (χ3n) is 1.85. The maximum Gasteiger partial charge on any atom is 0.0194 e. The van der Waals surface area contributed by atoms with Crippen molar-refractivity contribution in [1.29, 1.82) is 0 Å². The highest BCUT2D eigenvalue weighted by atomic mass is 32.2. The lowest BCUT2D eigenvalue weighted by Gasteiger charge is -2.19. The second kappa shape index (κ2) is 7.93. The van der Waals surface area contributed by atoms with Crippen molar-refractivity contribution in [3.05, 3.63) is 0 Å². The van der Waals surface area contributed by atoms with Crippen molar-refractivity contribution in [2.45, 2.75) is 51.2 Å². The molecule has 0 aliphatic rings. The van der Waals surface area contributed by atoms with Crippen LogP contribution in [0.5, 0.6) is 0 Å². The van der Waals surface area contributed by atoms with Crippen molar-refractivity contribution in [3.8, 4) is 0 Å². The first-order chi connectivity index (χ1) is 5.70. The summed E-state index contributed by atoms with van der Waals surface area (Å²) in [6.07, 6.45) is 6.77. The highest BCUT2D eigenvalue weighted by Crippen LogP contribution is 2.23. The van der Waals surface area contributed by atoms with Crippen molar-refractivity contribution in [1.82, 2.24) is 4.31 Å². The van der Waals surface area contributed by atoms with Gasteiger partial charge in [0.2, 0.25) is 0 Å². The van der Waals surface area contributed by atoms with Gasteiger partial charge in [0.25, 0.3) is 0 Å². The van der Waals surface area contributed by atoms with E-state index in [9.17, 15) is 0 Å². The molecule has 0 aromatic carbocycles. The smallest absolute Gasteiger partial charge is 0.0194 e. The van der Waals surface area contributed by atoms with Gasteiger partial charge in [0.05, 0.1) is 0 Å². The first-order valence-corrected chi connectivity index (χ1v) is 5.88. The molecule has 0 rings (SSSR count). The number of hydrogen-bond donors (Lipinski definition) is 0. The van der Waals surface area contributed by atoms with Crippen molar-refractivity contribution in [2.75, 3.05) is 14.1 Å². The van der Waals surface area contributed by atoms with Crippen molar-refractivity contribution in [3.63, 3.8) is 0 Å². The van der Waals surface area contributed by atoms with Crippen LogP contribution in [0.15, 0.2) is 0 Å². The van der Waals surface area contributed by atoms with E-state index in [1.165, 1.54) is 32.1 Å². The molecule has 0 spiro atoms. The fourth-order valence-electron chi connectivity index (χ4n) is 1.30. The molecule has 0 aliphatic heterocycles. The summed E-state index contributed by atoms with van der Waals surface area (Å²) in [5.41, 5.74) is 0. The standard InChI is InChI=1S/C10H23NS/c1-5-7-9-10(8-6-2)12-11(3)4/h10H,5-9H2,1-4H3. The molecular formula is C10H23NS. The van der Waals surface area contributed by atoms with Gasteiger partial charge in [-0.15, -0.1) is 0 Å². The van der Waals surface area contributed by atoms with Crippen LogP contribution >= 0.6 is 11.9 Å². The molecular weight excluding hydrogens is 166 g/mol. The molecule has 0 heterocycles. The Morgan fingerprint density at radius 3 is 2.17 bits per heavy atom. The summed E-state index contributed by atoms with van der Waals surface area (Å²) >= 11 is 2.00. The number of rotatable bonds is 7. The molecule has 0 saturated heterocycles. The van der Waals surface area contributed by atoms with E-state index in [4.69, 9.17) is 0 Å². The quantitative estimate of drug-likeness (QED) is 0.563. The van der Waals surface area contributed by atoms with Crippen LogP contribution < -0.4 is 0 Å². The Kier molecular flexibility index (Phi) is 8.14. The van der Waals surface area contributed by atoms with Gasteiger partial charge in [-0.2, -0.15) is 0 Å². The summed E-state index contributed by atoms with van der Waals surface area (Å²) in [7, 11) is 4.28. The SMILES string of the molecule is CCCCC(CCC)SN(C)C. The van der Waals surface area contributed by atoms with Crippen LogP contribution in [0.1, 0.15) is 46.0 Å². The zero-order valence-corrected chi connectivity index (χ0v) is 9.78. The zero-order valence-electron chi connectivity index (χ0n) is 8.97. The summed E-state index contributed by atoms with van der Waals surface area (Å²) in [6, 6.07) is 0. The van der Waals surface area contributed by atoms with Crippen LogP contribution in [-0.4, -0.2) is 23.7 Å². The molecule has 0 saturated carbocycles. The van der Waals surface area contributed by atoms with Gasteiger partial charge < -0.3 is 0 Å². The summed E-state index contributed by atoms with van der Waals surface area (Å²) in [4.78, 5) is 0. The first-order valence-electron chi connectivity index (χ1n) is 5.04. The molecule has 1 atom stereocenters. The van der Waals surface area contributed by atoms with Gasteiger partial charge in [-0.3, -0.25) is 4.31 Å². The second-order valence-electron chi connectivity index (χ2n) is 3.47. The van der Waals surface area contributed by atoms with E-state index in [1.54, 1.807) is 0 Å². The van der Waals surface area contributed by atoms with Crippen LogP contribution in [0.25, 0.3) is 0 Å². The number of unbranched alkanes of at least 4 members (excludes halogenated alkanes) is 1. The molecule has 12 heavy (non-hydrogen) atoms. The average Bonchev–Trinajstić information content (AvgIpc) is 2.00. The molecule has 1 nitrogen and oxygen atoms in total. The van der Waals surface area contributed by atoms with Crippen LogP contribution in [0, 0.1) is 0 Å². The summed E-state index contributed by atoms with van der Waals surface area (Å²) < 4.78 is 2.23. The zero-order chi connectivity index (χ0) is 9.40. The molecule has 0 bridgehead atoms. The van der Waals surface area contributed by atoms with E-state index >= 15 is 0 Å². The van der Waals surface area contributed by atoms with E-state index in [0.29, 0.717) is 0 Å². The predicted molar refractivity (Wildman–Crippen MR) is 59.5 cm³/mol. The Bertz CT molecular complexity index is 93.8. The molecule has 0 aromatic heterocycles. The molecule has 1 unspecified atom stereocenters. The van der Waals surface area contributed by atoms with Gasteiger partial charge in [-0.05, 0) is 26.9 Å². The molecule has 0 N–H and O–H groups in total. The van der Waals surface area contributed by atoms with Crippen molar-refractivity contribution >= 4 is 11.9 Å². The third-order valence-corrected chi connectivity index (χ3v) is 3.04. The maximum atomic E-state index is 2.27. The van der Waals surface area contributed by atoms with E-state index in [2.05, 4.69) is 32.2 Å². The molecule has 0 radical (unpaired) electrons. The molecule has 0 aromatic rings. The molecule has 0 aliphatic carbocycles. The Morgan fingerprint density at radius 2 is 1.75 bits per heavy atom. The third kappa shape index (κ3) is 6.99. The normalized spacial score (nSPS) is 13.8. The molecule has 2 heteroatoms.